The number of carbonyl (C=O) groups excluding carboxylic acids is 1. The minimum atomic E-state index is -0.309. The average molecular weight is 402 g/mol. The highest BCUT2D eigenvalue weighted by Crippen LogP contribution is 2.28. The summed E-state index contributed by atoms with van der Waals surface area (Å²) in [7, 11) is 3.21. The summed E-state index contributed by atoms with van der Waals surface area (Å²) < 4.78 is 12.3. The van der Waals surface area contributed by atoms with Gasteiger partial charge in [-0.15, -0.1) is 0 Å². The zero-order valence-corrected chi connectivity index (χ0v) is 17.7. The zero-order chi connectivity index (χ0) is 21.0. The van der Waals surface area contributed by atoms with Crippen LogP contribution < -0.4 is 15.2 Å². The van der Waals surface area contributed by atoms with E-state index < -0.39 is 0 Å². The van der Waals surface area contributed by atoms with Gasteiger partial charge in [0.25, 0.3) is 0 Å². The standard InChI is InChI=1S/C21H31N5O3/c1-14-7-9-25(10-8-14)20(27)13-26-21(15(2)22)23-19(24-26)12-16-5-6-17(28-3)18(11-16)29-4/h5-6,11,14-15H,7-10,12-13,22H2,1-4H3/t15-/m1/s1. The molecule has 1 atom stereocenters. The van der Waals surface area contributed by atoms with E-state index in [2.05, 4.69) is 17.0 Å². The van der Waals surface area contributed by atoms with Crippen LogP contribution in [0.5, 0.6) is 11.5 Å². The Morgan fingerprint density at radius 2 is 1.93 bits per heavy atom. The number of likely N-dealkylation sites (tertiary alicyclic amines) is 1. The van der Waals surface area contributed by atoms with Crippen LogP contribution in [-0.2, 0) is 17.8 Å². The minimum absolute atomic E-state index is 0.0707. The fraction of sp³-hybridized carbons (Fsp3) is 0.571. The van der Waals surface area contributed by atoms with Crippen LogP contribution in [0.25, 0.3) is 0 Å². The fourth-order valence-electron chi connectivity index (χ4n) is 3.59. The number of piperidine rings is 1. The lowest BCUT2D eigenvalue weighted by molar-refractivity contribution is -0.133. The van der Waals surface area contributed by atoms with Gasteiger partial charge >= 0.3 is 0 Å². The second kappa shape index (κ2) is 9.26. The van der Waals surface area contributed by atoms with Gasteiger partial charge in [0.05, 0.1) is 20.3 Å². The Morgan fingerprint density at radius 3 is 2.55 bits per heavy atom. The van der Waals surface area contributed by atoms with Gasteiger partial charge in [-0.3, -0.25) is 4.79 Å². The molecule has 2 heterocycles. The van der Waals surface area contributed by atoms with E-state index in [1.807, 2.05) is 30.0 Å². The molecule has 158 valence electrons. The van der Waals surface area contributed by atoms with Crippen LogP contribution in [0.1, 0.15) is 49.9 Å². The van der Waals surface area contributed by atoms with E-state index in [4.69, 9.17) is 15.2 Å². The third kappa shape index (κ3) is 5.06. The number of hydrogen-bond donors (Lipinski definition) is 1. The van der Waals surface area contributed by atoms with E-state index in [1.165, 1.54) is 0 Å². The topological polar surface area (TPSA) is 95.5 Å². The number of hydrogen-bond acceptors (Lipinski definition) is 6. The summed E-state index contributed by atoms with van der Waals surface area (Å²) in [5.41, 5.74) is 7.09. The number of nitrogens with zero attached hydrogens (tertiary/aromatic N) is 4. The van der Waals surface area contributed by atoms with Crippen LogP contribution in [0.3, 0.4) is 0 Å². The summed E-state index contributed by atoms with van der Waals surface area (Å²) in [4.78, 5) is 19.3. The molecule has 1 amide bonds. The molecule has 29 heavy (non-hydrogen) atoms. The molecule has 1 fully saturated rings. The van der Waals surface area contributed by atoms with Crippen molar-refractivity contribution in [2.24, 2.45) is 11.7 Å². The quantitative estimate of drug-likeness (QED) is 0.764. The molecule has 2 N–H and O–H groups in total. The van der Waals surface area contributed by atoms with Gasteiger partial charge in [0.1, 0.15) is 12.4 Å². The largest absolute Gasteiger partial charge is 0.493 e. The molecule has 8 heteroatoms. The Bertz CT molecular complexity index is 841. The second-order valence-electron chi connectivity index (χ2n) is 7.76. The summed E-state index contributed by atoms with van der Waals surface area (Å²) in [6, 6.07) is 5.41. The van der Waals surface area contributed by atoms with Crippen molar-refractivity contribution in [3.8, 4) is 11.5 Å². The third-order valence-corrected chi connectivity index (χ3v) is 5.38. The van der Waals surface area contributed by atoms with Gasteiger partial charge in [0.15, 0.2) is 17.3 Å². The van der Waals surface area contributed by atoms with Gasteiger partial charge in [-0.1, -0.05) is 13.0 Å². The van der Waals surface area contributed by atoms with Crippen molar-refractivity contribution in [3.05, 3.63) is 35.4 Å². The normalized spacial score (nSPS) is 16.0. The predicted octanol–water partition coefficient (Wildman–Crippen LogP) is 2.16. The van der Waals surface area contributed by atoms with Gasteiger partial charge in [-0.05, 0) is 43.4 Å². The lowest BCUT2D eigenvalue weighted by atomic mass is 9.99. The molecule has 0 saturated carbocycles. The van der Waals surface area contributed by atoms with Crippen LogP contribution in [0.15, 0.2) is 18.2 Å². The third-order valence-electron chi connectivity index (χ3n) is 5.38. The molecule has 3 rings (SSSR count). The first-order valence-corrected chi connectivity index (χ1v) is 10.1. The lowest BCUT2D eigenvalue weighted by Gasteiger charge is -2.30. The second-order valence-corrected chi connectivity index (χ2v) is 7.76. The first kappa shape index (κ1) is 21.1. The minimum Gasteiger partial charge on any atom is -0.493 e. The number of ether oxygens (including phenoxy) is 2. The smallest absolute Gasteiger partial charge is 0.244 e. The summed E-state index contributed by atoms with van der Waals surface area (Å²) >= 11 is 0. The van der Waals surface area contributed by atoms with E-state index in [0.717, 1.165) is 31.5 Å². The van der Waals surface area contributed by atoms with Crippen molar-refractivity contribution in [1.29, 1.82) is 0 Å². The molecule has 1 aliphatic rings. The molecule has 1 aliphatic heterocycles. The number of amides is 1. The van der Waals surface area contributed by atoms with Crippen LogP contribution >= 0.6 is 0 Å². The molecule has 0 radical (unpaired) electrons. The number of carbonyl (C=O) groups is 1. The number of methoxy groups -OCH3 is 2. The zero-order valence-electron chi connectivity index (χ0n) is 17.7. The van der Waals surface area contributed by atoms with Gasteiger partial charge in [0.2, 0.25) is 5.91 Å². The maximum Gasteiger partial charge on any atom is 0.244 e. The molecule has 2 aromatic rings. The highest BCUT2D eigenvalue weighted by Gasteiger charge is 2.23. The van der Waals surface area contributed by atoms with Crippen LogP contribution in [-0.4, -0.2) is 52.9 Å². The van der Waals surface area contributed by atoms with Crippen LogP contribution in [0, 0.1) is 5.92 Å². The summed E-state index contributed by atoms with van der Waals surface area (Å²) in [5, 5.41) is 4.58. The average Bonchev–Trinajstić information content (AvgIpc) is 3.10. The van der Waals surface area contributed by atoms with Gasteiger partial charge < -0.3 is 20.1 Å². The molecule has 1 saturated heterocycles. The molecular formula is C21H31N5O3. The van der Waals surface area contributed by atoms with Gasteiger partial charge in [-0.25, -0.2) is 9.67 Å². The van der Waals surface area contributed by atoms with Crippen molar-refractivity contribution in [2.75, 3.05) is 27.3 Å². The monoisotopic (exact) mass is 401 g/mol. The Morgan fingerprint density at radius 1 is 1.24 bits per heavy atom. The molecule has 1 aromatic carbocycles. The van der Waals surface area contributed by atoms with Crippen molar-refractivity contribution in [2.45, 2.75) is 45.7 Å². The first-order chi connectivity index (χ1) is 13.9. The van der Waals surface area contributed by atoms with E-state index in [0.29, 0.717) is 35.5 Å². The summed E-state index contributed by atoms with van der Waals surface area (Å²) in [6.07, 6.45) is 2.62. The molecule has 0 aliphatic carbocycles. The Hall–Kier alpha value is -2.61. The maximum atomic E-state index is 12.7. The van der Waals surface area contributed by atoms with Crippen molar-refractivity contribution in [1.82, 2.24) is 19.7 Å². The van der Waals surface area contributed by atoms with Crippen LogP contribution in [0.2, 0.25) is 0 Å². The number of benzene rings is 1. The number of aromatic nitrogens is 3. The summed E-state index contributed by atoms with van der Waals surface area (Å²) in [5.74, 6) is 3.34. The maximum absolute atomic E-state index is 12.7. The highest BCUT2D eigenvalue weighted by atomic mass is 16.5. The molecule has 8 nitrogen and oxygen atoms in total. The van der Waals surface area contributed by atoms with Crippen molar-refractivity contribution in [3.63, 3.8) is 0 Å². The van der Waals surface area contributed by atoms with E-state index in [-0.39, 0.29) is 18.5 Å². The number of rotatable bonds is 7. The molecule has 0 unspecified atom stereocenters. The van der Waals surface area contributed by atoms with Crippen molar-refractivity contribution >= 4 is 5.91 Å². The van der Waals surface area contributed by atoms with E-state index >= 15 is 0 Å². The molecular weight excluding hydrogens is 370 g/mol. The molecule has 0 spiro atoms. The van der Waals surface area contributed by atoms with Gasteiger partial charge in [-0.2, -0.15) is 5.10 Å². The molecule has 0 bridgehead atoms. The SMILES string of the molecule is COc1ccc(Cc2nc([C@@H](C)N)n(CC(=O)N3CCC(C)CC3)n2)cc1OC. The van der Waals surface area contributed by atoms with E-state index in [1.54, 1.807) is 18.9 Å². The van der Waals surface area contributed by atoms with Crippen LogP contribution in [0.4, 0.5) is 0 Å². The fourth-order valence-corrected chi connectivity index (χ4v) is 3.59. The van der Waals surface area contributed by atoms with Crippen molar-refractivity contribution < 1.29 is 14.3 Å². The first-order valence-electron chi connectivity index (χ1n) is 10.1. The summed E-state index contributed by atoms with van der Waals surface area (Å²) in [6.45, 7) is 5.87. The van der Waals surface area contributed by atoms with E-state index in [9.17, 15) is 4.79 Å². The predicted molar refractivity (Wildman–Crippen MR) is 110 cm³/mol. The lowest BCUT2D eigenvalue weighted by Crippen LogP contribution is -2.40. The van der Waals surface area contributed by atoms with Gasteiger partial charge in [0, 0.05) is 19.5 Å². The molecule has 1 aromatic heterocycles. The Balaban J connectivity index is 1.75. The highest BCUT2D eigenvalue weighted by molar-refractivity contribution is 5.76. The Kier molecular flexibility index (Phi) is 6.74. The Labute approximate surface area is 172 Å². The number of nitrogens with two attached hydrogens (primary N) is 1.